The molecule has 5 rings (SSSR count). The van der Waals surface area contributed by atoms with Gasteiger partial charge >= 0.3 is 0 Å². The van der Waals surface area contributed by atoms with Gasteiger partial charge in [0.15, 0.2) is 0 Å². The second kappa shape index (κ2) is 8.50. The van der Waals surface area contributed by atoms with Gasteiger partial charge in [-0.15, -0.1) is 0 Å². The maximum atomic E-state index is 10.4. The number of nitrogens with zero attached hydrogens (tertiary/aromatic N) is 2. The minimum absolute atomic E-state index is 0.269. The average Bonchev–Trinajstić information content (AvgIpc) is 3.34. The molecule has 1 aromatic heterocycles. The molecule has 0 bridgehead atoms. The Kier molecular flexibility index (Phi) is 5.84. The summed E-state index contributed by atoms with van der Waals surface area (Å²) in [5, 5.41) is 32.3. The van der Waals surface area contributed by atoms with Crippen LogP contribution in [-0.2, 0) is 16.0 Å². The standard InChI is InChI=1S/C22H19Cl3N2O5/c23-11-2-4-16-12(6-11)13(8-27(16)7-10-1-3-14(24)15(25)5-10)21-26-18-20(30)19(29)17(9-28)31-22(18)32-21/h1-6,8,17-20,22,28-30H,7,9H2/t17-,18-,19-,20-,22-/m1/s1. The molecule has 0 unspecified atom stereocenters. The van der Waals surface area contributed by atoms with Crippen LogP contribution >= 0.6 is 34.8 Å². The Hall–Kier alpha value is -1.84. The number of aliphatic hydroxyl groups is 3. The van der Waals surface area contributed by atoms with E-state index in [0.717, 1.165) is 16.5 Å². The summed E-state index contributed by atoms with van der Waals surface area (Å²) in [4.78, 5) is 4.49. The summed E-state index contributed by atoms with van der Waals surface area (Å²) >= 11 is 18.5. The predicted octanol–water partition coefficient (Wildman–Crippen LogP) is 3.23. The molecule has 7 nitrogen and oxygen atoms in total. The van der Waals surface area contributed by atoms with Gasteiger partial charge in [0, 0.05) is 28.7 Å². The first kappa shape index (κ1) is 22.0. The lowest BCUT2D eigenvalue weighted by Gasteiger charge is -2.36. The summed E-state index contributed by atoms with van der Waals surface area (Å²) in [5.41, 5.74) is 2.52. The van der Waals surface area contributed by atoms with Gasteiger partial charge in [-0.2, -0.15) is 0 Å². The largest absolute Gasteiger partial charge is 0.445 e. The fourth-order valence-electron chi connectivity index (χ4n) is 4.12. The lowest BCUT2D eigenvalue weighted by molar-refractivity contribution is -0.234. The van der Waals surface area contributed by atoms with Crippen molar-refractivity contribution in [3.63, 3.8) is 0 Å². The molecule has 10 heteroatoms. The van der Waals surface area contributed by atoms with Gasteiger partial charge in [-0.25, -0.2) is 4.99 Å². The third kappa shape index (κ3) is 3.78. The lowest BCUT2D eigenvalue weighted by Crippen LogP contribution is -2.56. The van der Waals surface area contributed by atoms with Crippen LogP contribution in [0.1, 0.15) is 11.1 Å². The Morgan fingerprint density at radius 3 is 2.56 bits per heavy atom. The number of aliphatic imine (C=N–C) groups is 1. The molecule has 32 heavy (non-hydrogen) atoms. The molecule has 2 aliphatic rings. The minimum Gasteiger partial charge on any atom is -0.445 e. The average molecular weight is 498 g/mol. The van der Waals surface area contributed by atoms with Gasteiger partial charge < -0.3 is 29.4 Å². The molecule has 168 valence electrons. The molecule has 0 saturated carbocycles. The van der Waals surface area contributed by atoms with E-state index in [4.69, 9.17) is 44.3 Å². The topological polar surface area (TPSA) is 96.4 Å². The molecule has 1 saturated heterocycles. The molecule has 0 radical (unpaired) electrons. The van der Waals surface area contributed by atoms with E-state index in [0.29, 0.717) is 27.2 Å². The summed E-state index contributed by atoms with van der Waals surface area (Å²) in [6.45, 7) is 0.0677. The van der Waals surface area contributed by atoms with Gasteiger partial charge in [0.2, 0.25) is 12.2 Å². The molecule has 0 aliphatic carbocycles. The maximum Gasteiger partial charge on any atom is 0.227 e. The van der Waals surface area contributed by atoms with E-state index in [2.05, 4.69) is 4.99 Å². The van der Waals surface area contributed by atoms with Crippen molar-refractivity contribution >= 4 is 51.6 Å². The van der Waals surface area contributed by atoms with Gasteiger partial charge in [0.1, 0.15) is 24.4 Å². The Morgan fingerprint density at radius 2 is 1.81 bits per heavy atom. The third-order valence-corrected chi connectivity index (χ3v) is 6.73. The van der Waals surface area contributed by atoms with Gasteiger partial charge in [-0.05, 0) is 35.9 Å². The first-order valence-electron chi connectivity index (χ1n) is 9.95. The van der Waals surface area contributed by atoms with Crippen molar-refractivity contribution in [2.45, 2.75) is 37.2 Å². The Labute approximate surface area is 198 Å². The van der Waals surface area contributed by atoms with Gasteiger partial charge in [-0.3, -0.25) is 0 Å². The van der Waals surface area contributed by atoms with E-state index in [1.165, 1.54) is 0 Å². The molecule has 0 spiro atoms. The van der Waals surface area contributed by atoms with Crippen LogP contribution in [0.2, 0.25) is 15.1 Å². The van der Waals surface area contributed by atoms with Gasteiger partial charge in [-0.1, -0.05) is 40.9 Å². The van der Waals surface area contributed by atoms with E-state index in [-0.39, 0.29) is 5.90 Å². The van der Waals surface area contributed by atoms with Crippen LogP contribution in [0, 0.1) is 0 Å². The molecule has 2 aliphatic heterocycles. The number of halogens is 3. The number of rotatable bonds is 4. The number of aromatic nitrogens is 1. The van der Waals surface area contributed by atoms with Crippen molar-refractivity contribution in [1.29, 1.82) is 0 Å². The number of hydrogen-bond donors (Lipinski definition) is 3. The SMILES string of the molecule is OC[C@H]1O[C@@H]2OC(c3cn(Cc4ccc(Cl)c(Cl)c4)c4ccc(Cl)cc34)=N[C@@H]2[C@@H](O)[C@@H]1O. The number of ether oxygens (including phenoxy) is 2. The fraction of sp³-hybridized carbons (Fsp3) is 0.318. The van der Waals surface area contributed by atoms with Crippen molar-refractivity contribution in [3.05, 3.63) is 68.8 Å². The van der Waals surface area contributed by atoms with E-state index < -0.39 is 37.3 Å². The monoisotopic (exact) mass is 496 g/mol. The quantitative estimate of drug-likeness (QED) is 0.514. The van der Waals surface area contributed by atoms with Crippen LogP contribution in [0.5, 0.6) is 0 Å². The summed E-state index contributed by atoms with van der Waals surface area (Å²) in [6.07, 6.45) is -2.47. The summed E-state index contributed by atoms with van der Waals surface area (Å²) in [7, 11) is 0. The van der Waals surface area contributed by atoms with E-state index in [9.17, 15) is 15.3 Å². The zero-order chi connectivity index (χ0) is 22.6. The number of hydrogen-bond acceptors (Lipinski definition) is 6. The number of aliphatic hydroxyl groups excluding tert-OH is 3. The van der Waals surface area contributed by atoms with Crippen molar-refractivity contribution in [2.75, 3.05) is 6.61 Å². The zero-order valence-electron chi connectivity index (χ0n) is 16.5. The Balaban J connectivity index is 1.53. The summed E-state index contributed by atoms with van der Waals surface area (Å²) < 4.78 is 13.5. The molecule has 0 amide bonds. The molecular weight excluding hydrogens is 479 g/mol. The van der Waals surface area contributed by atoms with Crippen molar-refractivity contribution in [2.24, 2.45) is 4.99 Å². The molecule has 1 fully saturated rings. The first-order chi connectivity index (χ1) is 15.4. The van der Waals surface area contributed by atoms with Crippen LogP contribution in [0.3, 0.4) is 0 Å². The second-order valence-corrected chi connectivity index (χ2v) is 9.08. The van der Waals surface area contributed by atoms with E-state index in [1.54, 1.807) is 12.1 Å². The lowest BCUT2D eigenvalue weighted by atomic mass is 9.98. The second-order valence-electron chi connectivity index (χ2n) is 7.83. The highest BCUT2D eigenvalue weighted by Gasteiger charge is 2.49. The highest BCUT2D eigenvalue weighted by molar-refractivity contribution is 6.42. The molecule has 3 aromatic rings. The normalized spacial score (nSPS) is 27.3. The molecule has 5 atom stereocenters. The zero-order valence-corrected chi connectivity index (χ0v) is 18.8. The van der Waals surface area contributed by atoms with Crippen LogP contribution in [0.15, 0.2) is 47.6 Å². The molecule has 3 N–H and O–H groups in total. The summed E-state index contributed by atoms with van der Waals surface area (Å²) in [6, 6.07) is 10.2. The van der Waals surface area contributed by atoms with Crippen molar-refractivity contribution < 1.29 is 24.8 Å². The maximum absolute atomic E-state index is 10.4. The highest BCUT2D eigenvalue weighted by Crippen LogP contribution is 2.34. The molecular formula is C22H19Cl3N2O5. The molecule has 3 heterocycles. The molecule has 2 aromatic carbocycles. The van der Waals surface area contributed by atoms with Gasteiger partial charge in [0.05, 0.1) is 22.2 Å². The van der Waals surface area contributed by atoms with E-state index >= 15 is 0 Å². The predicted molar refractivity (Wildman–Crippen MR) is 122 cm³/mol. The van der Waals surface area contributed by atoms with Gasteiger partial charge in [0.25, 0.3) is 0 Å². The number of benzene rings is 2. The third-order valence-electron chi connectivity index (χ3n) is 5.75. The smallest absolute Gasteiger partial charge is 0.227 e. The fourth-order valence-corrected chi connectivity index (χ4v) is 4.61. The first-order valence-corrected chi connectivity index (χ1v) is 11.1. The minimum atomic E-state index is -1.27. The van der Waals surface area contributed by atoms with Crippen LogP contribution in [-0.4, -0.2) is 63.0 Å². The summed E-state index contributed by atoms with van der Waals surface area (Å²) in [5.74, 6) is 0.269. The van der Waals surface area contributed by atoms with Crippen LogP contribution in [0.25, 0.3) is 10.9 Å². The number of fused-ring (bicyclic) bond motifs is 2. The van der Waals surface area contributed by atoms with Crippen molar-refractivity contribution in [1.82, 2.24) is 4.57 Å². The van der Waals surface area contributed by atoms with Crippen molar-refractivity contribution in [3.8, 4) is 0 Å². The highest BCUT2D eigenvalue weighted by atomic mass is 35.5. The van der Waals surface area contributed by atoms with Crippen LogP contribution in [0.4, 0.5) is 0 Å². The van der Waals surface area contributed by atoms with E-state index in [1.807, 2.05) is 35.0 Å². The Morgan fingerprint density at radius 1 is 1.00 bits per heavy atom. The Bertz CT molecular complexity index is 1210. The van der Waals surface area contributed by atoms with Crippen LogP contribution < -0.4 is 0 Å².